The predicted molar refractivity (Wildman–Crippen MR) is 67.9 cm³/mol. The molecule has 2 N–H and O–H groups in total. The molecule has 1 aliphatic heterocycles. The monoisotopic (exact) mass is 220 g/mol. The maximum Gasteiger partial charge on any atom is 0.0692 e. The second-order valence-electron chi connectivity index (χ2n) is 4.83. The molecule has 16 heavy (non-hydrogen) atoms. The van der Waals surface area contributed by atoms with E-state index in [1.54, 1.807) is 7.11 Å². The molecule has 1 aromatic carbocycles. The number of hydrogen-bond donors (Lipinski definition) is 1. The van der Waals surface area contributed by atoms with Gasteiger partial charge in [0, 0.05) is 25.5 Å². The lowest BCUT2D eigenvalue weighted by Crippen LogP contribution is -2.50. The normalized spacial score (nSPS) is 24.3. The predicted octanol–water partition coefficient (Wildman–Crippen LogP) is 2.06. The Hall–Kier alpha value is -1.22. The topological polar surface area (TPSA) is 38.5 Å². The van der Waals surface area contributed by atoms with Crippen molar-refractivity contribution in [2.75, 3.05) is 31.4 Å². The second kappa shape index (κ2) is 3.98. The molecule has 0 saturated heterocycles. The maximum absolute atomic E-state index is 6.01. The van der Waals surface area contributed by atoms with Crippen LogP contribution in [0.3, 0.4) is 0 Å². The summed E-state index contributed by atoms with van der Waals surface area (Å²) in [5, 5.41) is 0. The van der Waals surface area contributed by atoms with Gasteiger partial charge in [-0.1, -0.05) is 6.07 Å². The first kappa shape index (κ1) is 11.3. The number of likely N-dealkylation sites (N-methyl/N-ethyl adjacent to an activating group) is 1. The summed E-state index contributed by atoms with van der Waals surface area (Å²) in [6.07, 6.45) is 2.12. The van der Waals surface area contributed by atoms with Gasteiger partial charge >= 0.3 is 0 Å². The van der Waals surface area contributed by atoms with E-state index >= 15 is 0 Å². The van der Waals surface area contributed by atoms with Crippen LogP contribution < -0.4 is 10.6 Å². The lowest BCUT2D eigenvalue weighted by atomic mass is 9.86. The smallest absolute Gasteiger partial charge is 0.0692 e. The molecule has 88 valence electrons. The molecule has 0 amide bonds. The number of fused-ring (bicyclic) bond motifs is 1. The number of nitrogens with zero attached hydrogens (tertiary/aromatic N) is 1. The summed E-state index contributed by atoms with van der Waals surface area (Å²) in [5.41, 5.74) is 9.51. The van der Waals surface area contributed by atoms with Crippen LogP contribution in [-0.4, -0.2) is 26.3 Å². The molecular formula is C13H20N2O. The van der Waals surface area contributed by atoms with Crippen molar-refractivity contribution in [2.45, 2.75) is 25.3 Å². The van der Waals surface area contributed by atoms with E-state index in [4.69, 9.17) is 10.5 Å². The molecule has 1 atom stereocenters. The van der Waals surface area contributed by atoms with Crippen molar-refractivity contribution in [2.24, 2.45) is 0 Å². The van der Waals surface area contributed by atoms with Crippen LogP contribution >= 0.6 is 0 Å². The SMILES string of the molecule is COCC1(C)CCc2c(N)cccc2N1C. The van der Waals surface area contributed by atoms with Crippen molar-refractivity contribution < 1.29 is 4.74 Å². The van der Waals surface area contributed by atoms with Gasteiger partial charge in [-0.15, -0.1) is 0 Å². The number of benzene rings is 1. The average Bonchev–Trinajstić information content (AvgIpc) is 2.25. The summed E-state index contributed by atoms with van der Waals surface area (Å²) in [7, 11) is 3.88. The fourth-order valence-corrected chi connectivity index (χ4v) is 2.51. The summed E-state index contributed by atoms with van der Waals surface area (Å²) in [6, 6.07) is 6.13. The fraction of sp³-hybridized carbons (Fsp3) is 0.538. The van der Waals surface area contributed by atoms with Crippen LogP contribution in [0.5, 0.6) is 0 Å². The van der Waals surface area contributed by atoms with Crippen molar-refractivity contribution in [3.63, 3.8) is 0 Å². The van der Waals surface area contributed by atoms with Crippen LogP contribution in [-0.2, 0) is 11.2 Å². The van der Waals surface area contributed by atoms with Gasteiger partial charge in [0.1, 0.15) is 0 Å². The molecule has 0 bridgehead atoms. The van der Waals surface area contributed by atoms with E-state index in [9.17, 15) is 0 Å². The molecule has 0 aromatic heterocycles. The van der Waals surface area contributed by atoms with E-state index in [0.29, 0.717) is 0 Å². The first-order chi connectivity index (χ1) is 7.58. The highest BCUT2D eigenvalue weighted by atomic mass is 16.5. The summed E-state index contributed by atoms with van der Waals surface area (Å²) in [4.78, 5) is 2.30. The number of hydrogen-bond acceptors (Lipinski definition) is 3. The molecular weight excluding hydrogens is 200 g/mol. The number of methoxy groups -OCH3 is 1. The van der Waals surface area contributed by atoms with E-state index in [1.807, 2.05) is 12.1 Å². The summed E-state index contributed by atoms with van der Waals surface area (Å²) >= 11 is 0. The largest absolute Gasteiger partial charge is 0.398 e. The highest BCUT2D eigenvalue weighted by Gasteiger charge is 2.34. The number of nitrogens with two attached hydrogens (primary N) is 1. The van der Waals surface area contributed by atoms with E-state index in [0.717, 1.165) is 25.1 Å². The lowest BCUT2D eigenvalue weighted by Gasteiger charge is -2.45. The molecule has 3 heteroatoms. The van der Waals surface area contributed by atoms with E-state index in [2.05, 4.69) is 24.9 Å². The molecule has 3 nitrogen and oxygen atoms in total. The Labute approximate surface area is 97.2 Å². The van der Waals surface area contributed by atoms with Gasteiger partial charge in [-0.05, 0) is 37.5 Å². The zero-order chi connectivity index (χ0) is 11.8. The maximum atomic E-state index is 6.01. The van der Waals surface area contributed by atoms with Crippen LogP contribution in [0.1, 0.15) is 18.9 Å². The van der Waals surface area contributed by atoms with Gasteiger partial charge in [0.2, 0.25) is 0 Å². The molecule has 2 rings (SSSR count). The van der Waals surface area contributed by atoms with Crippen molar-refractivity contribution in [1.82, 2.24) is 0 Å². The minimum atomic E-state index is 0.0789. The molecule has 1 aliphatic rings. The van der Waals surface area contributed by atoms with Crippen LogP contribution in [0, 0.1) is 0 Å². The van der Waals surface area contributed by atoms with E-state index in [-0.39, 0.29) is 5.54 Å². The Bertz CT molecular complexity index is 392. The van der Waals surface area contributed by atoms with Crippen molar-refractivity contribution in [3.8, 4) is 0 Å². The first-order valence-electron chi connectivity index (χ1n) is 5.68. The zero-order valence-corrected chi connectivity index (χ0v) is 10.3. The number of anilines is 2. The zero-order valence-electron chi connectivity index (χ0n) is 10.3. The van der Waals surface area contributed by atoms with E-state index < -0.39 is 0 Å². The Morgan fingerprint density at radius 1 is 1.50 bits per heavy atom. The molecule has 1 unspecified atom stereocenters. The molecule has 0 fully saturated rings. The Morgan fingerprint density at radius 3 is 2.94 bits per heavy atom. The molecule has 1 aromatic rings. The van der Waals surface area contributed by atoms with Gasteiger partial charge in [-0.2, -0.15) is 0 Å². The van der Waals surface area contributed by atoms with Crippen molar-refractivity contribution in [3.05, 3.63) is 23.8 Å². The third-order valence-corrected chi connectivity index (χ3v) is 3.73. The first-order valence-corrected chi connectivity index (χ1v) is 5.68. The van der Waals surface area contributed by atoms with Gasteiger partial charge in [-0.25, -0.2) is 0 Å². The summed E-state index contributed by atoms with van der Waals surface area (Å²) in [6.45, 7) is 2.99. The number of ether oxygens (including phenoxy) is 1. The van der Waals surface area contributed by atoms with Gasteiger partial charge in [0.25, 0.3) is 0 Å². The quantitative estimate of drug-likeness (QED) is 0.775. The summed E-state index contributed by atoms with van der Waals surface area (Å²) in [5.74, 6) is 0. The van der Waals surface area contributed by atoms with Crippen LogP contribution in [0.15, 0.2) is 18.2 Å². The van der Waals surface area contributed by atoms with Crippen LogP contribution in [0.2, 0.25) is 0 Å². The molecule has 1 heterocycles. The second-order valence-corrected chi connectivity index (χ2v) is 4.83. The van der Waals surface area contributed by atoms with Gasteiger partial charge in [0.15, 0.2) is 0 Å². The Morgan fingerprint density at radius 2 is 2.25 bits per heavy atom. The average molecular weight is 220 g/mol. The van der Waals surface area contributed by atoms with Gasteiger partial charge in [-0.3, -0.25) is 0 Å². The third kappa shape index (κ3) is 1.65. The Kier molecular flexibility index (Phi) is 2.80. The van der Waals surface area contributed by atoms with E-state index in [1.165, 1.54) is 11.3 Å². The van der Waals surface area contributed by atoms with Crippen LogP contribution in [0.4, 0.5) is 11.4 Å². The molecule has 0 saturated carbocycles. The highest BCUT2D eigenvalue weighted by Crippen LogP contribution is 2.38. The number of rotatable bonds is 2. The van der Waals surface area contributed by atoms with Gasteiger partial charge in [0.05, 0.1) is 12.1 Å². The minimum Gasteiger partial charge on any atom is -0.398 e. The third-order valence-electron chi connectivity index (χ3n) is 3.73. The number of nitrogen functional groups attached to an aromatic ring is 1. The molecule has 0 spiro atoms. The van der Waals surface area contributed by atoms with Crippen LogP contribution in [0.25, 0.3) is 0 Å². The van der Waals surface area contributed by atoms with Crippen molar-refractivity contribution >= 4 is 11.4 Å². The molecule has 0 aliphatic carbocycles. The Balaban J connectivity index is 2.39. The van der Waals surface area contributed by atoms with Crippen molar-refractivity contribution in [1.29, 1.82) is 0 Å². The standard InChI is InChI=1S/C13H20N2O/c1-13(9-16-3)8-7-10-11(14)5-4-6-12(10)15(13)2/h4-6H,7-9,14H2,1-3H3. The molecule has 0 radical (unpaired) electrons. The summed E-state index contributed by atoms with van der Waals surface area (Å²) < 4.78 is 5.33. The lowest BCUT2D eigenvalue weighted by molar-refractivity contribution is 0.130. The minimum absolute atomic E-state index is 0.0789. The fourth-order valence-electron chi connectivity index (χ4n) is 2.51. The highest BCUT2D eigenvalue weighted by molar-refractivity contribution is 5.67. The van der Waals surface area contributed by atoms with Gasteiger partial charge < -0.3 is 15.4 Å².